The van der Waals surface area contributed by atoms with E-state index in [1.807, 2.05) is 36.5 Å². The third-order valence-electron chi connectivity index (χ3n) is 5.67. The van der Waals surface area contributed by atoms with Crippen LogP contribution in [0.2, 0.25) is 0 Å². The summed E-state index contributed by atoms with van der Waals surface area (Å²) in [6.07, 6.45) is 3.50. The number of nitrogens with one attached hydrogen (secondary N) is 1. The van der Waals surface area contributed by atoms with Crippen molar-refractivity contribution in [1.82, 2.24) is 9.88 Å². The molecule has 0 bridgehead atoms. The normalized spacial score (nSPS) is 15.4. The second-order valence-corrected chi connectivity index (χ2v) is 8.01. The molecular weight excluding hydrogens is 414 g/mol. The fourth-order valence-corrected chi connectivity index (χ4v) is 4.15. The van der Waals surface area contributed by atoms with Crippen molar-refractivity contribution in [2.45, 2.75) is 13.5 Å². The van der Waals surface area contributed by atoms with Crippen LogP contribution in [0.3, 0.4) is 0 Å². The number of nitrogens with zero attached hydrogens (tertiary/aromatic N) is 2. The van der Waals surface area contributed by atoms with Crippen LogP contribution in [0.25, 0.3) is 17.0 Å². The second-order valence-electron chi connectivity index (χ2n) is 8.01. The van der Waals surface area contributed by atoms with Crippen molar-refractivity contribution in [2.75, 3.05) is 4.90 Å². The van der Waals surface area contributed by atoms with Gasteiger partial charge in [0.15, 0.2) is 0 Å². The van der Waals surface area contributed by atoms with E-state index < -0.39 is 17.8 Å². The number of hydrogen-bond acceptors (Lipinski definition) is 3. The second kappa shape index (κ2) is 8.24. The van der Waals surface area contributed by atoms with E-state index in [2.05, 4.69) is 35.0 Å². The maximum Gasteiger partial charge on any atom is 0.335 e. The molecule has 0 aliphatic carbocycles. The zero-order chi connectivity index (χ0) is 22.9. The Kier molecular flexibility index (Phi) is 5.11. The molecule has 5 rings (SSSR count). The number of barbiturate groups is 1. The first kappa shape index (κ1) is 20.5. The lowest BCUT2D eigenvalue weighted by Gasteiger charge is -2.26. The monoisotopic (exact) mass is 435 g/mol. The summed E-state index contributed by atoms with van der Waals surface area (Å²) in [5, 5.41) is 3.20. The molecule has 1 N–H and O–H groups in total. The average Bonchev–Trinajstić information content (AvgIpc) is 3.14. The summed E-state index contributed by atoms with van der Waals surface area (Å²) in [6.45, 7) is 2.71. The Balaban J connectivity index is 1.57. The molecule has 1 aromatic heterocycles. The van der Waals surface area contributed by atoms with Gasteiger partial charge in [-0.3, -0.25) is 14.9 Å². The van der Waals surface area contributed by atoms with Gasteiger partial charge in [-0.25, -0.2) is 9.69 Å². The van der Waals surface area contributed by atoms with Crippen LogP contribution in [0.5, 0.6) is 0 Å². The number of amides is 4. The van der Waals surface area contributed by atoms with Crippen molar-refractivity contribution in [3.63, 3.8) is 0 Å². The lowest BCUT2D eigenvalue weighted by Crippen LogP contribution is -2.54. The van der Waals surface area contributed by atoms with E-state index in [1.165, 1.54) is 5.56 Å². The van der Waals surface area contributed by atoms with Crippen LogP contribution in [0.15, 0.2) is 90.6 Å². The molecule has 162 valence electrons. The summed E-state index contributed by atoms with van der Waals surface area (Å²) in [4.78, 5) is 39.2. The zero-order valence-electron chi connectivity index (χ0n) is 18.0. The number of hydrogen-bond donors (Lipinski definition) is 1. The third kappa shape index (κ3) is 3.83. The highest BCUT2D eigenvalue weighted by molar-refractivity contribution is 6.39. The number of para-hydroxylation sites is 2. The molecule has 1 saturated heterocycles. The fraction of sp³-hybridized carbons (Fsp3) is 0.0741. The maximum atomic E-state index is 13.2. The number of urea groups is 1. The van der Waals surface area contributed by atoms with Crippen molar-refractivity contribution in [3.8, 4) is 0 Å². The summed E-state index contributed by atoms with van der Waals surface area (Å²) < 4.78 is 2.10. The van der Waals surface area contributed by atoms with Gasteiger partial charge < -0.3 is 4.57 Å². The lowest BCUT2D eigenvalue weighted by molar-refractivity contribution is -0.122. The molecule has 0 spiro atoms. The quantitative estimate of drug-likeness (QED) is 0.374. The summed E-state index contributed by atoms with van der Waals surface area (Å²) in [5.41, 5.74) is 4.38. The van der Waals surface area contributed by atoms with E-state index >= 15 is 0 Å². The number of rotatable bonds is 4. The average molecular weight is 435 g/mol. The summed E-state index contributed by atoms with van der Waals surface area (Å²) in [5.74, 6) is -1.35. The van der Waals surface area contributed by atoms with Gasteiger partial charge in [0.1, 0.15) is 5.57 Å². The van der Waals surface area contributed by atoms with Crippen molar-refractivity contribution in [1.29, 1.82) is 0 Å². The van der Waals surface area contributed by atoms with Crippen molar-refractivity contribution in [2.24, 2.45) is 0 Å². The number of fused-ring (bicyclic) bond motifs is 1. The molecule has 0 unspecified atom stereocenters. The Morgan fingerprint density at radius 3 is 2.42 bits per heavy atom. The molecule has 0 saturated carbocycles. The molecule has 6 nitrogen and oxygen atoms in total. The Bertz CT molecular complexity index is 1430. The number of imide groups is 2. The topological polar surface area (TPSA) is 71.4 Å². The predicted octanol–water partition coefficient (Wildman–Crippen LogP) is 4.66. The number of carbonyl (C=O) groups is 3. The molecule has 0 atom stereocenters. The van der Waals surface area contributed by atoms with E-state index in [1.54, 1.807) is 36.4 Å². The standard InChI is InChI=1S/C27H21N3O3/c1-18-8-7-9-19(14-18)16-29-17-20(22-12-5-6-13-24(22)29)15-23-25(31)28-27(33)30(26(23)32)21-10-3-2-4-11-21/h2-15,17H,16H2,1H3,(H,28,31,33)/b23-15+. The first-order valence-electron chi connectivity index (χ1n) is 10.6. The summed E-state index contributed by atoms with van der Waals surface area (Å²) >= 11 is 0. The fourth-order valence-electron chi connectivity index (χ4n) is 4.15. The van der Waals surface area contributed by atoms with Gasteiger partial charge in [0.25, 0.3) is 11.8 Å². The van der Waals surface area contributed by atoms with Crippen LogP contribution in [-0.4, -0.2) is 22.4 Å². The summed E-state index contributed by atoms with van der Waals surface area (Å²) in [7, 11) is 0. The number of carbonyl (C=O) groups excluding carboxylic acids is 3. The highest BCUT2D eigenvalue weighted by Gasteiger charge is 2.36. The first-order valence-corrected chi connectivity index (χ1v) is 10.6. The number of aryl methyl sites for hydroxylation is 1. The molecule has 6 heteroatoms. The highest BCUT2D eigenvalue weighted by Crippen LogP contribution is 2.27. The summed E-state index contributed by atoms with van der Waals surface area (Å²) in [6, 6.07) is 23.9. The largest absolute Gasteiger partial charge is 0.342 e. The van der Waals surface area contributed by atoms with E-state index in [-0.39, 0.29) is 5.57 Å². The van der Waals surface area contributed by atoms with Gasteiger partial charge in [0, 0.05) is 29.2 Å². The Hall–Kier alpha value is -4.45. The molecule has 2 heterocycles. The Labute approximate surface area is 190 Å². The number of benzene rings is 3. The minimum atomic E-state index is -0.754. The van der Waals surface area contributed by atoms with Crippen LogP contribution in [0.1, 0.15) is 16.7 Å². The Morgan fingerprint density at radius 1 is 0.879 bits per heavy atom. The molecule has 1 aliphatic rings. The molecule has 1 fully saturated rings. The van der Waals surface area contributed by atoms with Crippen LogP contribution in [0.4, 0.5) is 10.5 Å². The van der Waals surface area contributed by atoms with Crippen LogP contribution in [-0.2, 0) is 16.1 Å². The third-order valence-corrected chi connectivity index (χ3v) is 5.67. The van der Waals surface area contributed by atoms with Crippen LogP contribution >= 0.6 is 0 Å². The van der Waals surface area contributed by atoms with Gasteiger partial charge in [-0.1, -0.05) is 66.2 Å². The smallest absolute Gasteiger partial charge is 0.335 e. The Morgan fingerprint density at radius 2 is 1.64 bits per heavy atom. The predicted molar refractivity (Wildman–Crippen MR) is 128 cm³/mol. The minimum absolute atomic E-state index is 0.0862. The molecule has 1 aliphatic heterocycles. The molecular formula is C27H21N3O3. The maximum absolute atomic E-state index is 13.2. The van der Waals surface area contributed by atoms with Gasteiger partial charge in [-0.15, -0.1) is 0 Å². The van der Waals surface area contributed by atoms with Gasteiger partial charge in [-0.05, 0) is 36.8 Å². The van der Waals surface area contributed by atoms with Gasteiger partial charge in [0.05, 0.1) is 5.69 Å². The number of anilines is 1. The van der Waals surface area contributed by atoms with Crippen molar-refractivity contribution in [3.05, 3.63) is 107 Å². The highest BCUT2D eigenvalue weighted by atomic mass is 16.2. The molecule has 4 aromatic rings. The lowest BCUT2D eigenvalue weighted by atomic mass is 10.1. The van der Waals surface area contributed by atoms with Crippen molar-refractivity contribution < 1.29 is 14.4 Å². The number of aromatic nitrogens is 1. The molecule has 3 aromatic carbocycles. The molecule has 33 heavy (non-hydrogen) atoms. The van der Waals surface area contributed by atoms with E-state index in [0.717, 1.165) is 26.9 Å². The van der Waals surface area contributed by atoms with E-state index in [0.29, 0.717) is 12.2 Å². The zero-order valence-corrected chi connectivity index (χ0v) is 18.0. The molecule has 0 radical (unpaired) electrons. The first-order chi connectivity index (χ1) is 16.0. The van der Waals surface area contributed by atoms with E-state index in [9.17, 15) is 14.4 Å². The van der Waals surface area contributed by atoms with Crippen LogP contribution in [0, 0.1) is 6.92 Å². The SMILES string of the molecule is Cc1cccc(Cn2cc(/C=C3\C(=O)NC(=O)N(c4ccccc4)C3=O)c3ccccc32)c1. The molecule has 4 amide bonds. The van der Waals surface area contributed by atoms with E-state index in [4.69, 9.17) is 0 Å². The van der Waals surface area contributed by atoms with Crippen molar-refractivity contribution >= 4 is 40.5 Å². The van der Waals surface area contributed by atoms with Crippen LogP contribution < -0.4 is 10.2 Å². The van der Waals surface area contributed by atoms with Gasteiger partial charge >= 0.3 is 6.03 Å². The van der Waals surface area contributed by atoms with Gasteiger partial charge in [0.2, 0.25) is 0 Å². The minimum Gasteiger partial charge on any atom is -0.342 e. The van der Waals surface area contributed by atoms with Gasteiger partial charge in [-0.2, -0.15) is 0 Å².